The molecule has 1 aliphatic heterocycles. The van der Waals surface area contributed by atoms with Gasteiger partial charge in [-0.3, -0.25) is 0 Å². The molecular weight excluding hydrogens is 176 g/mol. The summed E-state index contributed by atoms with van der Waals surface area (Å²) in [6, 6.07) is 5.39. The molecule has 1 aromatic carbocycles. The molecule has 3 nitrogen and oxygen atoms in total. The summed E-state index contributed by atoms with van der Waals surface area (Å²) < 4.78 is 0. The monoisotopic (exact) mass is 186 g/mol. The standard InChI is InChI=1S/C11H10N2O/c14-7-1-2-10-9(5-7)8-3-4-12-6-11(8)13-10/h1-5,12-14H,6H2. The van der Waals surface area contributed by atoms with Crippen molar-refractivity contribution < 1.29 is 5.11 Å². The summed E-state index contributed by atoms with van der Waals surface area (Å²) in [6.07, 6.45) is 3.96. The summed E-state index contributed by atoms with van der Waals surface area (Å²) in [6.45, 7) is 0.821. The van der Waals surface area contributed by atoms with Crippen LogP contribution in [0.25, 0.3) is 17.0 Å². The van der Waals surface area contributed by atoms with Gasteiger partial charge in [0.2, 0.25) is 0 Å². The average molecular weight is 186 g/mol. The van der Waals surface area contributed by atoms with Crippen LogP contribution in [0.4, 0.5) is 0 Å². The fraction of sp³-hybridized carbons (Fsp3) is 0.0909. The Bertz CT molecular complexity index is 525. The molecule has 3 heteroatoms. The second-order valence-corrected chi connectivity index (χ2v) is 3.46. The lowest BCUT2D eigenvalue weighted by Crippen LogP contribution is -2.09. The largest absolute Gasteiger partial charge is 0.508 e. The van der Waals surface area contributed by atoms with Gasteiger partial charge >= 0.3 is 0 Å². The van der Waals surface area contributed by atoms with Gasteiger partial charge in [-0.2, -0.15) is 0 Å². The molecular formula is C11H10N2O. The molecule has 0 saturated heterocycles. The van der Waals surface area contributed by atoms with Gasteiger partial charge in [0, 0.05) is 22.2 Å². The van der Waals surface area contributed by atoms with Crippen LogP contribution >= 0.6 is 0 Å². The molecule has 1 aliphatic rings. The molecule has 0 fully saturated rings. The molecule has 3 rings (SSSR count). The van der Waals surface area contributed by atoms with Crippen LogP contribution in [0, 0.1) is 0 Å². The van der Waals surface area contributed by atoms with Gasteiger partial charge in [-0.25, -0.2) is 0 Å². The molecule has 70 valence electrons. The van der Waals surface area contributed by atoms with E-state index in [0.717, 1.165) is 17.4 Å². The SMILES string of the molecule is Oc1ccc2[nH]c3c(c2c1)C=CNC3. The lowest BCUT2D eigenvalue weighted by atomic mass is 10.1. The van der Waals surface area contributed by atoms with Crippen LogP contribution in [0.1, 0.15) is 11.3 Å². The van der Waals surface area contributed by atoms with Crippen molar-refractivity contribution in [1.29, 1.82) is 0 Å². The van der Waals surface area contributed by atoms with E-state index in [4.69, 9.17) is 0 Å². The number of benzene rings is 1. The Kier molecular flexibility index (Phi) is 1.36. The number of H-pyrrole nitrogens is 1. The number of nitrogens with one attached hydrogen (secondary N) is 2. The normalized spacial score (nSPS) is 14.0. The quantitative estimate of drug-likeness (QED) is 0.589. The van der Waals surface area contributed by atoms with Crippen molar-refractivity contribution in [3.8, 4) is 5.75 Å². The maximum absolute atomic E-state index is 9.40. The minimum atomic E-state index is 0.311. The maximum Gasteiger partial charge on any atom is 0.116 e. The average Bonchev–Trinajstić information content (AvgIpc) is 2.56. The third kappa shape index (κ3) is 0.923. The van der Waals surface area contributed by atoms with Crippen LogP contribution in [-0.4, -0.2) is 10.1 Å². The number of hydrogen-bond acceptors (Lipinski definition) is 2. The topological polar surface area (TPSA) is 48.0 Å². The lowest BCUT2D eigenvalue weighted by molar-refractivity contribution is 0.476. The second kappa shape index (κ2) is 2.54. The maximum atomic E-state index is 9.40. The number of aromatic nitrogens is 1. The Balaban J connectivity index is 2.39. The molecule has 3 N–H and O–H groups in total. The molecule has 2 heterocycles. The zero-order chi connectivity index (χ0) is 9.54. The van der Waals surface area contributed by atoms with Crippen molar-refractivity contribution in [1.82, 2.24) is 10.3 Å². The predicted octanol–water partition coefficient (Wildman–Crippen LogP) is 1.95. The number of aromatic hydroxyl groups is 1. The summed E-state index contributed by atoms with van der Waals surface area (Å²) in [5.41, 5.74) is 3.42. The highest BCUT2D eigenvalue weighted by molar-refractivity contribution is 5.91. The van der Waals surface area contributed by atoms with Gasteiger partial charge < -0.3 is 15.4 Å². The Hall–Kier alpha value is -1.90. The zero-order valence-electron chi connectivity index (χ0n) is 7.54. The summed E-state index contributed by atoms with van der Waals surface area (Å²) in [4.78, 5) is 3.32. The van der Waals surface area contributed by atoms with Crippen LogP contribution < -0.4 is 5.32 Å². The predicted molar refractivity (Wildman–Crippen MR) is 55.8 cm³/mol. The van der Waals surface area contributed by atoms with Crippen molar-refractivity contribution in [3.63, 3.8) is 0 Å². The number of rotatable bonds is 0. The molecule has 0 aliphatic carbocycles. The van der Waals surface area contributed by atoms with Crippen LogP contribution in [-0.2, 0) is 6.54 Å². The van der Waals surface area contributed by atoms with Gasteiger partial charge in [0.1, 0.15) is 5.75 Å². The zero-order valence-corrected chi connectivity index (χ0v) is 7.54. The summed E-state index contributed by atoms with van der Waals surface area (Å²) in [7, 11) is 0. The first-order valence-corrected chi connectivity index (χ1v) is 4.58. The van der Waals surface area contributed by atoms with Gasteiger partial charge in [0.25, 0.3) is 0 Å². The molecule has 2 aromatic rings. The fourth-order valence-corrected chi connectivity index (χ4v) is 1.89. The van der Waals surface area contributed by atoms with Crippen molar-refractivity contribution in [2.45, 2.75) is 6.54 Å². The molecule has 1 aromatic heterocycles. The van der Waals surface area contributed by atoms with E-state index in [1.165, 1.54) is 11.3 Å². The van der Waals surface area contributed by atoms with Crippen molar-refractivity contribution >= 4 is 17.0 Å². The molecule has 0 radical (unpaired) electrons. The molecule has 0 atom stereocenters. The number of phenolic OH excluding ortho intramolecular Hbond substituents is 1. The van der Waals surface area contributed by atoms with Crippen molar-refractivity contribution in [2.75, 3.05) is 0 Å². The van der Waals surface area contributed by atoms with Gasteiger partial charge in [0.15, 0.2) is 0 Å². The number of hydrogen-bond donors (Lipinski definition) is 3. The highest BCUT2D eigenvalue weighted by atomic mass is 16.3. The van der Waals surface area contributed by atoms with Crippen LogP contribution in [0.3, 0.4) is 0 Å². The number of phenols is 1. The van der Waals surface area contributed by atoms with Gasteiger partial charge in [-0.1, -0.05) is 0 Å². The Morgan fingerprint density at radius 3 is 3.14 bits per heavy atom. The van der Waals surface area contributed by atoms with E-state index in [0.29, 0.717) is 5.75 Å². The first-order valence-electron chi connectivity index (χ1n) is 4.58. The smallest absolute Gasteiger partial charge is 0.116 e. The molecule has 0 bridgehead atoms. The summed E-state index contributed by atoms with van der Waals surface area (Å²) >= 11 is 0. The van der Waals surface area contributed by atoms with Crippen LogP contribution in [0.15, 0.2) is 24.4 Å². The highest BCUT2D eigenvalue weighted by Crippen LogP contribution is 2.28. The summed E-state index contributed by atoms with van der Waals surface area (Å²) in [5.74, 6) is 0.311. The Morgan fingerprint density at radius 2 is 2.21 bits per heavy atom. The highest BCUT2D eigenvalue weighted by Gasteiger charge is 2.11. The van der Waals surface area contributed by atoms with E-state index in [1.807, 2.05) is 18.3 Å². The van der Waals surface area contributed by atoms with Crippen molar-refractivity contribution in [3.05, 3.63) is 35.7 Å². The summed E-state index contributed by atoms with van der Waals surface area (Å²) in [5, 5.41) is 13.6. The van der Waals surface area contributed by atoms with Gasteiger partial charge in [0.05, 0.1) is 6.54 Å². The minimum absolute atomic E-state index is 0.311. The molecule has 0 saturated carbocycles. The van der Waals surface area contributed by atoms with E-state index in [2.05, 4.69) is 10.3 Å². The van der Waals surface area contributed by atoms with Crippen LogP contribution in [0.5, 0.6) is 5.75 Å². The Labute approximate surface area is 81.1 Å². The van der Waals surface area contributed by atoms with E-state index in [1.54, 1.807) is 12.1 Å². The number of fused-ring (bicyclic) bond motifs is 3. The lowest BCUT2D eigenvalue weighted by Gasteiger charge is -2.06. The van der Waals surface area contributed by atoms with E-state index in [9.17, 15) is 5.11 Å². The molecule has 0 unspecified atom stereocenters. The first-order chi connectivity index (χ1) is 6.84. The second-order valence-electron chi connectivity index (χ2n) is 3.46. The molecule has 14 heavy (non-hydrogen) atoms. The first kappa shape index (κ1) is 7.50. The third-order valence-electron chi connectivity index (χ3n) is 2.55. The van der Waals surface area contributed by atoms with E-state index < -0.39 is 0 Å². The third-order valence-corrected chi connectivity index (χ3v) is 2.55. The van der Waals surface area contributed by atoms with E-state index >= 15 is 0 Å². The fourth-order valence-electron chi connectivity index (χ4n) is 1.89. The molecule has 0 spiro atoms. The molecule has 0 amide bonds. The van der Waals surface area contributed by atoms with E-state index in [-0.39, 0.29) is 0 Å². The number of aromatic amines is 1. The Morgan fingerprint density at radius 1 is 1.29 bits per heavy atom. The van der Waals surface area contributed by atoms with Gasteiger partial charge in [-0.05, 0) is 30.5 Å². The minimum Gasteiger partial charge on any atom is -0.508 e. The van der Waals surface area contributed by atoms with Crippen LogP contribution in [0.2, 0.25) is 0 Å². The van der Waals surface area contributed by atoms with Crippen molar-refractivity contribution in [2.24, 2.45) is 0 Å². The van der Waals surface area contributed by atoms with Gasteiger partial charge in [-0.15, -0.1) is 0 Å².